The van der Waals surface area contributed by atoms with E-state index in [1.807, 2.05) is 172 Å². The number of fused-ring (bicyclic) bond motifs is 21. The lowest BCUT2D eigenvalue weighted by Crippen LogP contribution is -2.31. The molecule has 24 rings (SSSR count). The van der Waals surface area contributed by atoms with Gasteiger partial charge in [-0.25, -0.2) is 53.6 Å². The highest BCUT2D eigenvalue weighted by atomic mass is 32.1. The normalized spacial score (nSPS) is 11.7. The molecule has 0 saturated heterocycles. The minimum Gasteiger partial charge on any atom is -0.456 e. The Kier molecular flexibility index (Phi) is 20.2. The monoisotopic (exact) mass is 1720 g/mol. The van der Waals surface area contributed by atoms with Gasteiger partial charge >= 0.3 is 0 Å². The molecule has 0 radical (unpaired) electrons. The molecule has 0 bridgehead atoms. The fraction of sp³-hybridized carbons (Fsp3) is 0.104. The molecule has 0 N–H and O–H groups in total. The third-order valence-electron chi connectivity index (χ3n) is 24.0. The summed E-state index contributed by atoms with van der Waals surface area (Å²) in [5.41, 5.74) is 23.9. The van der Waals surface area contributed by atoms with Gasteiger partial charge in [-0.05, 0) is 212 Å². The number of halogens is 7. The summed E-state index contributed by atoms with van der Waals surface area (Å²) in [5.74, 6) is -2.83. The topological polar surface area (TPSA) is 111 Å². The summed E-state index contributed by atoms with van der Waals surface area (Å²) in [7, 11) is 9.92. The number of rotatable bonds is 5. The summed E-state index contributed by atoms with van der Waals surface area (Å²) in [4.78, 5) is 9.45. The Balaban J connectivity index is 0.000000101. The van der Waals surface area contributed by atoms with Gasteiger partial charge in [0.05, 0.1) is 52.7 Å². The van der Waals surface area contributed by atoms with E-state index in [0.717, 1.165) is 159 Å². The van der Waals surface area contributed by atoms with Gasteiger partial charge in [0.1, 0.15) is 127 Å². The predicted octanol–water partition coefficient (Wildman–Crippen LogP) is 26.7. The second-order valence-electron chi connectivity index (χ2n) is 32.2. The molecule has 24 aromatic rings. The maximum atomic E-state index is 15.0. The largest absolute Gasteiger partial charge is 0.456 e. The van der Waals surface area contributed by atoms with Crippen LogP contribution in [-0.4, -0.2) is 9.97 Å². The van der Waals surface area contributed by atoms with Crippen molar-refractivity contribution in [3.8, 4) is 56.3 Å². The van der Waals surface area contributed by atoms with Crippen molar-refractivity contribution in [1.29, 1.82) is 0 Å². The standard InChI is InChI=1S/C25H18FN2OS.C24H16FN2OS.2C19H14F2NO.C19H15FNO/c1-13-10-18-16-9-8-15(26)11-19(16)29-24(18)21(14(13)2)23-25-22(27-12-28(23)3)17-6-4-5-7-20(17)30-25;1-13-7-9-16-15-10-8-14(25)11-18(15)28-23(16)20(13)22-24-21(26-12-27(22)2)17-5-3-4-6-19(17)29-24;1-11-14(15-5-3-4-8-22(15)2)10-17-18(19(11)21)13-7-6-12(20)9-16(13)23-17;1-11-7-14-17(10-13(11)16-5-3-4-6-22(16)2)23-18-9-12(20)8-15(21)19(14)18;1-12-9-16-14-7-6-13(20)10-18(14)22-19(16)11-15(12)17-5-3-4-8-21(17)2/h4-12H,1-3H3;3-12H,1-2H3;2*3-10H,1-2H3;3-11H,1-2H3/q5*+1. The van der Waals surface area contributed by atoms with E-state index in [0.29, 0.717) is 60.6 Å². The Hall–Kier alpha value is -14.8. The molecule has 0 saturated carbocycles. The molecule has 127 heavy (non-hydrogen) atoms. The van der Waals surface area contributed by atoms with Crippen LogP contribution >= 0.6 is 22.7 Å². The molecule has 12 nitrogen and oxygen atoms in total. The van der Waals surface area contributed by atoms with Crippen LogP contribution in [0.25, 0.3) is 207 Å². The second-order valence-corrected chi connectivity index (χ2v) is 34.3. The molecule has 0 fully saturated rings. The molecule has 12 heterocycles. The Morgan fingerprint density at radius 1 is 0.283 bits per heavy atom. The van der Waals surface area contributed by atoms with Crippen LogP contribution in [0, 0.1) is 82.3 Å². The molecule has 21 heteroatoms. The van der Waals surface area contributed by atoms with E-state index in [2.05, 4.69) is 104 Å². The summed E-state index contributed by atoms with van der Waals surface area (Å²) < 4.78 is 141. The molecule has 12 aromatic carbocycles. The number of benzene rings is 12. The molecule has 0 atom stereocenters. The molecular formula is C106H77F7N7O5S2+5. The van der Waals surface area contributed by atoms with Crippen molar-refractivity contribution in [2.45, 2.75) is 41.5 Å². The molecule has 0 spiro atoms. The number of pyridine rings is 3. The van der Waals surface area contributed by atoms with Gasteiger partial charge in [0.15, 0.2) is 30.0 Å². The van der Waals surface area contributed by atoms with Crippen LogP contribution in [0.2, 0.25) is 0 Å². The highest BCUT2D eigenvalue weighted by molar-refractivity contribution is 7.26. The molecule has 0 aliphatic heterocycles. The highest BCUT2D eigenvalue weighted by Gasteiger charge is 2.30. The van der Waals surface area contributed by atoms with E-state index in [-0.39, 0.29) is 28.9 Å². The third kappa shape index (κ3) is 14.1. The average Bonchev–Trinajstić information content (AvgIpc) is 1.59. The van der Waals surface area contributed by atoms with Crippen LogP contribution in [-0.2, 0) is 35.2 Å². The maximum Gasteiger partial charge on any atom is 0.287 e. The fourth-order valence-electron chi connectivity index (χ4n) is 17.6. The summed E-state index contributed by atoms with van der Waals surface area (Å²) in [6.45, 7) is 12.1. The quantitative estimate of drug-likeness (QED) is 0.125. The summed E-state index contributed by atoms with van der Waals surface area (Å²) in [5, 5.41) is 10.1. The van der Waals surface area contributed by atoms with Gasteiger partial charge in [0.2, 0.25) is 28.1 Å². The first-order chi connectivity index (χ1) is 61.4. The lowest BCUT2D eigenvalue weighted by atomic mass is 9.96. The van der Waals surface area contributed by atoms with Gasteiger partial charge in [0, 0.05) is 136 Å². The molecule has 0 aliphatic rings. The number of hydrogen-bond acceptors (Lipinski definition) is 9. The van der Waals surface area contributed by atoms with Crippen molar-refractivity contribution in [2.24, 2.45) is 35.2 Å². The Bertz CT molecular complexity index is 8700. The maximum absolute atomic E-state index is 15.0. The van der Waals surface area contributed by atoms with Crippen molar-refractivity contribution < 1.29 is 75.7 Å². The van der Waals surface area contributed by atoms with Gasteiger partial charge in [-0.3, -0.25) is 0 Å². The number of thiophene rings is 2. The first-order valence-electron chi connectivity index (χ1n) is 41.0. The smallest absolute Gasteiger partial charge is 0.287 e. The number of furan rings is 5. The molecular weight excluding hydrogens is 1650 g/mol. The second kappa shape index (κ2) is 31.8. The van der Waals surface area contributed by atoms with Gasteiger partial charge < -0.3 is 22.1 Å². The van der Waals surface area contributed by atoms with Crippen molar-refractivity contribution in [1.82, 2.24) is 9.97 Å². The van der Waals surface area contributed by atoms with Crippen LogP contribution in [0.5, 0.6) is 0 Å². The van der Waals surface area contributed by atoms with Crippen LogP contribution in [0.3, 0.4) is 0 Å². The van der Waals surface area contributed by atoms with E-state index in [9.17, 15) is 30.7 Å². The fourth-order valence-corrected chi connectivity index (χ4v) is 20.1. The zero-order valence-electron chi connectivity index (χ0n) is 70.5. The van der Waals surface area contributed by atoms with Crippen molar-refractivity contribution in [2.75, 3.05) is 0 Å². The zero-order valence-corrected chi connectivity index (χ0v) is 72.2. The van der Waals surface area contributed by atoms with E-state index < -0.39 is 17.5 Å². The Morgan fingerprint density at radius 2 is 0.677 bits per heavy atom. The van der Waals surface area contributed by atoms with Crippen molar-refractivity contribution in [3.63, 3.8) is 0 Å². The van der Waals surface area contributed by atoms with E-state index in [4.69, 9.17) is 32.1 Å². The highest BCUT2D eigenvalue weighted by Crippen LogP contribution is 2.47. The van der Waals surface area contributed by atoms with Gasteiger partial charge in [-0.2, -0.15) is 0 Å². The van der Waals surface area contributed by atoms with Crippen LogP contribution < -0.4 is 22.8 Å². The first-order valence-corrected chi connectivity index (χ1v) is 42.7. The van der Waals surface area contributed by atoms with Crippen LogP contribution in [0.4, 0.5) is 30.7 Å². The van der Waals surface area contributed by atoms with E-state index in [1.54, 1.807) is 53.9 Å². The van der Waals surface area contributed by atoms with Crippen molar-refractivity contribution in [3.05, 3.63) is 342 Å². The lowest BCUT2D eigenvalue weighted by Gasteiger charge is -2.10. The van der Waals surface area contributed by atoms with Gasteiger partial charge in [-0.1, -0.05) is 36.4 Å². The van der Waals surface area contributed by atoms with Gasteiger partial charge in [0.25, 0.3) is 12.7 Å². The number of aryl methyl sites for hydroxylation is 9. The summed E-state index contributed by atoms with van der Waals surface area (Å²) in [6.07, 6.45) is 9.62. The average molecular weight is 1730 g/mol. The van der Waals surface area contributed by atoms with E-state index in [1.165, 1.54) is 75.1 Å². The minimum atomic E-state index is -0.638. The minimum absolute atomic E-state index is 0.228. The number of hydrogen-bond donors (Lipinski definition) is 0. The summed E-state index contributed by atoms with van der Waals surface area (Å²) >= 11 is 3.48. The lowest BCUT2D eigenvalue weighted by molar-refractivity contribution is -0.662. The van der Waals surface area contributed by atoms with Crippen LogP contribution in [0.15, 0.2) is 290 Å². The Labute approximate surface area is 729 Å². The van der Waals surface area contributed by atoms with E-state index >= 15 is 0 Å². The SMILES string of the molecule is Cc1c(-c2cccc[n+]2C)cc2oc3cc(F)ccc3c2c1F.Cc1cc2c(cc1-c1cccc[n+]1C)oc1cc(F)cc(F)c12.Cc1cc2c(cc1-c1cccc[n+]1C)oc1cc(F)ccc12.Cc1cc2c(oc3cc(F)ccc32)c(-c2c3sc4ccccc4c3nc[n+]2C)c1C.Cc1ccc2c(oc3cc(F)ccc32)c1-c1c2sc3ccccc3c2nc[n+]1C. The molecule has 622 valence electrons. The first kappa shape index (κ1) is 80.6. The molecule has 0 amide bonds. The van der Waals surface area contributed by atoms with Gasteiger partial charge in [-0.15, -0.1) is 22.7 Å². The predicted molar refractivity (Wildman–Crippen MR) is 491 cm³/mol. The zero-order chi connectivity index (χ0) is 87.8. The third-order valence-corrected chi connectivity index (χ3v) is 26.4. The molecule has 12 aromatic heterocycles. The molecule has 0 unspecified atom stereocenters. The summed E-state index contributed by atoms with van der Waals surface area (Å²) in [6, 6.07) is 71.0. The van der Waals surface area contributed by atoms with Crippen molar-refractivity contribution >= 4 is 173 Å². The Morgan fingerprint density at radius 3 is 1.21 bits per heavy atom. The number of aromatic nitrogens is 7. The number of nitrogens with zero attached hydrogens (tertiary/aromatic N) is 7. The molecule has 0 aliphatic carbocycles. The van der Waals surface area contributed by atoms with Crippen LogP contribution in [0.1, 0.15) is 33.4 Å².